The van der Waals surface area contributed by atoms with E-state index in [-0.39, 0.29) is 18.3 Å². The molecule has 2 aliphatic heterocycles. The Labute approximate surface area is 151 Å². The number of likely N-dealkylation sites (N-methyl/N-ethyl adjacent to an activating group) is 1. The van der Waals surface area contributed by atoms with E-state index in [0.29, 0.717) is 18.1 Å². The molecule has 2 unspecified atom stereocenters. The number of halogens is 1. The Bertz CT molecular complexity index is 537. The molecular formula is C19H30ClN3O. The summed E-state index contributed by atoms with van der Waals surface area (Å²) in [6.45, 7) is 0.892. The average molecular weight is 352 g/mol. The van der Waals surface area contributed by atoms with Crippen molar-refractivity contribution in [2.45, 2.75) is 56.7 Å². The number of nitrogens with one attached hydrogen (secondary N) is 2. The Morgan fingerprint density at radius 2 is 1.88 bits per heavy atom. The van der Waals surface area contributed by atoms with Crippen LogP contribution in [-0.2, 0) is 6.42 Å². The van der Waals surface area contributed by atoms with Crippen LogP contribution in [0.15, 0.2) is 24.3 Å². The van der Waals surface area contributed by atoms with E-state index >= 15 is 0 Å². The SMILES string of the molecule is CNCCc1ccccc1C(=O)NC1CC2CCCC(C1)N2C.Cl. The van der Waals surface area contributed by atoms with Crippen LogP contribution in [0.25, 0.3) is 0 Å². The molecule has 24 heavy (non-hydrogen) atoms. The molecule has 0 aliphatic carbocycles. The Kier molecular flexibility index (Phi) is 7.08. The fourth-order valence-electron chi connectivity index (χ4n) is 4.22. The number of hydrogen-bond donors (Lipinski definition) is 2. The lowest BCUT2D eigenvalue weighted by atomic mass is 9.82. The summed E-state index contributed by atoms with van der Waals surface area (Å²) in [5, 5.41) is 6.47. The number of amides is 1. The van der Waals surface area contributed by atoms with Crippen molar-refractivity contribution >= 4 is 18.3 Å². The summed E-state index contributed by atoms with van der Waals surface area (Å²) in [5.74, 6) is 0.101. The third-order valence-corrected chi connectivity index (χ3v) is 5.58. The van der Waals surface area contributed by atoms with E-state index in [1.165, 1.54) is 19.3 Å². The summed E-state index contributed by atoms with van der Waals surface area (Å²) in [4.78, 5) is 15.3. The van der Waals surface area contributed by atoms with Gasteiger partial charge in [-0.3, -0.25) is 4.79 Å². The van der Waals surface area contributed by atoms with Crippen LogP contribution in [0.1, 0.15) is 48.0 Å². The molecule has 0 spiro atoms. The van der Waals surface area contributed by atoms with E-state index in [4.69, 9.17) is 0 Å². The molecule has 4 nitrogen and oxygen atoms in total. The second-order valence-corrected chi connectivity index (χ2v) is 7.06. The molecule has 134 valence electrons. The largest absolute Gasteiger partial charge is 0.349 e. The first-order valence-corrected chi connectivity index (χ1v) is 8.94. The molecule has 3 rings (SSSR count). The molecule has 1 aromatic rings. The van der Waals surface area contributed by atoms with Gasteiger partial charge in [0.25, 0.3) is 5.91 Å². The van der Waals surface area contributed by atoms with Gasteiger partial charge in [-0.1, -0.05) is 24.6 Å². The van der Waals surface area contributed by atoms with E-state index in [0.717, 1.165) is 36.9 Å². The number of benzene rings is 1. The van der Waals surface area contributed by atoms with Crippen LogP contribution in [-0.4, -0.2) is 49.6 Å². The number of carbonyl (C=O) groups is 1. The average Bonchev–Trinajstić information content (AvgIpc) is 2.54. The van der Waals surface area contributed by atoms with E-state index in [1.54, 1.807) is 0 Å². The van der Waals surface area contributed by atoms with Crippen LogP contribution in [0.5, 0.6) is 0 Å². The lowest BCUT2D eigenvalue weighted by Crippen LogP contribution is -2.55. The first-order valence-electron chi connectivity index (χ1n) is 8.94. The van der Waals surface area contributed by atoms with Crippen LogP contribution in [0.4, 0.5) is 0 Å². The zero-order valence-corrected chi connectivity index (χ0v) is 15.6. The van der Waals surface area contributed by atoms with Gasteiger partial charge in [0.05, 0.1) is 0 Å². The Hall–Kier alpha value is -1.10. The molecule has 2 aliphatic rings. The van der Waals surface area contributed by atoms with Gasteiger partial charge < -0.3 is 15.5 Å². The second-order valence-electron chi connectivity index (χ2n) is 7.06. The highest BCUT2D eigenvalue weighted by molar-refractivity contribution is 5.95. The maximum Gasteiger partial charge on any atom is 0.251 e. The quantitative estimate of drug-likeness (QED) is 0.857. The highest BCUT2D eigenvalue weighted by atomic mass is 35.5. The lowest BCUT2D eigenvalue weighted by Gasteiger charge is -2.47. The topological polar surface area (TPSA) is 44.4 Å². The van der Waals surface area contributed by atoms with Crippen molar-refractivity contribution in [3.05, 3.63) is 35.4 Å². The van der Waals surface area contributed by atoms with Crippen LogP contribution in [0.2, 0.25) is 0 Å². The van der Waals surface area contributed by atoms with Crippen molar-refractivity contribution < 1.29 is 4.79 Å². The normalized spacial score (nSPS) is 26.5. The smallest absolute Gasteiger partial charge is 0.251 e. The molecule has 2 atom stereocenters. The molecule has 0 radical (unpaired) electrons. The van der Waals surface area contributed by atoms with Gasteiger partial charge in [0.1, 0.15) is 0 Å². The summed E-state index contributed by atoms with van der Waals surface area (Å²) >= 11 is 0. The van der Waals surface area contributed by atoms with Gasteiger partial charge in [0.15, 0.2) is 0 Å². The third-order valence-electron chi connectivity index (χ3n) is 5.58. The number of hydrogen-bond acceptors (Lipinski definition) is 3. The van der Waals surface area contributed by atoms with Crippen LogP contribution < -0.4 is 10.6 Å². The highest BCUT2D eigenvalue weighted by Crippen LogP contribution is 2.32. The molecule has 2 N–H and O–H groups in total. The van der Waals surface area contributed by atoms with Crippen LogP contribution in [0.3, 0.4) is 0 Å². The Morgan fingerprint density at radius 3 is 2.54 bits per heavy atom. The molecule has 0 saturated carbocycles. The summed E-state index contributed by atoms with van der Waals surface area (Å²) in [7, 11) is 4.19. The molecule has 2 bridgehead atoms. The monoisotopic (exact) mass is 351 g/mol. The molecule has 1 aromatic carbocycles. The fourth-order valence-corrected chi connectivity index (χ4v) is 4.22. The zero-order valence-electron chi connectivity index (χ0n) is 14.8. The molecule has 0 aromatic heterocycles. The van der Waals surface area contributed by atoms with E-state index < -0.39 is 0 Å². The van der Waals surface area contributed by atoms with Crippen molar-refractivity contribution in [3.8, 4) is 0 Å². The van der Waals surface area contributed by atoms with E-state index in [2.05, 4.69) is 28.6 Å². The van der Waals surface area contributed by atoms with Crippen molar-refractivity contribution in [2.24, 2.45) is 0 Å². The molecule has 5 heteroatoms. The van der Waals surface area contributed by atoms with Crippen molar-refractivity contribution in [1.29, 1.82) is 0 Å². The minimum Gasteiger partial charge on any atom is -0.349 e. The van der Waals surface area contributed by atoms with Crippen molar-refractivity contribution in [2.75, 3.05) is 20.6 Å². The summed E-state index contributed by atoms with van der Waals surface area (Å²) < 4.78 is 0. The molecular weight excluding hydrogens is 322 g/mol. The maximum absolute atomic E-state index is 12.8. The Balaban J connectivity index is 0.00000208. The molecule has 2 heterocycles. The Morgan fingerprint density at radius 1 is 1.21 bits per heavy atom. The minimum atomic E-state index is 0. The predicted octanol–water partition coefficient (Wildman–Crippen LogP) is 2.62. The van der Waals surface area contributed by atoms with Gasteiger partial charge in [-0.2, -0.15) is 0 Å². The number of carbonyl (C=O) groups excluding carboxylic acids is 1. The number of nitrogens with zero attached hydrogens (tertiary/aromatic N) is 1. The van der Waals surface area contributed by atoms with Crippen molar-refractivity contribution in [1.82, 2.24) is 15.5 Å². The third kappa shape index (κ3) is 4.29. The lowest BCUT2D eigenvalue weighted by molar-refractivity contribution is 0.0463. The van der Waals surface area contributed by atoms with Gasteiger partial charge in [0, 0.05) is 23.7 Å². The molecule has 1 amide bonds. The zero-order chi connectivity index (χ0) is 16.2. The summed E-state index contributed by atoms with van der Waals surface area (Å²) in [5.41, 5.74) is 1.97. The van der Waals surface area contributed by atoms with Gasteiger partial charge in [-0.05, 0) is 64.4 Å². The van der Waals surface area contributed by atoms with Gasteiger partial charge in [-0.25, -0.2) is 0 Å². The van der Waals surface area contributed by atoms with Crippen LogP contribution in [0, 0.1) is 0 Å². The second kappa shape index (κ2) is 8.84. The van der Waals surface area contributed by atoms with Crippen molar-refractivity contribution in [3.63, 3.8) is 0 Å². The summed E-state index contributed by atoms with van der Waals surface area (Å²) in [6.07, 6.45) is 6.97. The summed E-state index contributed by atoms with van der Waals surface area (Å²) in [6, 6.07) is 9.61. The molecule has 2 saturated heterocycles. The number of rotatable bonds is 5. The molecule has 2 fully saturated rings. The first-order chi connectivity index (χ1) is 11.2. The van der Waals surface area contributed by atoms with Gasteiger partial charge >= 0.3 is 0 Å². The predicted molar refractivity (Wildman–Crippen MR) is 101 cm³/mol. The number of piperidine rings is 2. The standard InChI is InChI=1S/C19H29N3O.ClH/c1-20-11-10-14-6-3-4-9-18(14)19(23)21-15-12-16-7-5-8-17(13-15)22(16)2;/h3-4,6,9,15-17,20H,5,7-8,10-13H2,1-2H3,(H,21,23);1H. The first kappa shape index (κ1) is 19.2. The van der Waals surface area contributed by atoms with E-state index in [1.807, 2.05) is 25.2 Å². The van der Waals surface area contributed by atoms with E-state index in [9.17, 15) is 4.79 Å². The number of fused-ring (bicyclic) bond motifs is 2. The van der Waals surface area contributed by atoms with Gasteiger partial charge in [0.2, 0.25) is 0 Å². The van der Waals surface area contributed by atoms with Gasteiger partial charge in [-0.15, -0.1) is 12.4 Å². The maximum atomic E-state index is 12.8. The minimum absolute atomic E-state index is 0. The fraction of sp³-hybridized carbons (Fsp3) is 0.632. The highest BCUT2D eigenvalue weighted by Gasteiger charge is 2.36. The van der Waals surface area contributed by atoms with Crippen LogP contribution >= 0.6 is 12.4 Å².